The van der Waals surface area contributed by atoms with Crippen molar-refractivity contribution >= 4 is 29.4 Å². The second-order valence-electron chi connectivity index (χ2n) is 9.16. The number of nitrogens with one attached hydrogen (secondary N) is 2. The molecule has 215 valence electrons. The monoisotopic (exact) mass is 608 g/mol. The van der Waals surface area contributed by atoms with E-state index in [1.807, 2.05) is 30.3 Å². The van der Waals surface area contributed by atoms with E-state index in [1.165, 1.54) is 17.5 Å². The van der Waals surface area contributed by atoms with Crippen molar-refractivity contribution in [3.05, 3.63) is 100 Å². The molecule has 9 heteroatoms. The SMILES string of the molecule is CCN1/C(=C\C=N)C(C)(Cc2ccccc2Cl)c2cc(OC)ccc21.COCCOc1cccc(C(=N)O)c1.[Co]. The van der Waals surface area contributed by atoms with Crippen molar-refractivity contribution in [2.45, 2.75) is 25.7 Å². The summed E-state index contributed by atoms with van der Waals surface area (Å²) in [7, 11) is 3.29. The van der Waals surface area contributed by atoms with Gasteiger partial charge in [-0.15, -0.1) is 0 Å². The first kappa shape index (κ1) is 32.9. The zero-order chi connectivity index (χ0) is 28.4. The number of benzene rings is 3. The molecular formula is C31H36ClCoN3O4. The van der Waals surface area contributed by atoms with Gasteiger partial charge in [0, 0.05) is 64.0 Å². The Morgan fingerprint density at radius 1 is 1.02 bits per heavy atom. The van der Waals surface area contributed by atoms with Gasteiger partial charge in [0.2, 0.25) is 5.90 Å². The third-order valence-electron chi connectivity index (χ3n) is 6.67. The van der Waals surface area contributed by atoms with Crippen LogP contribution in [0.15, 0.2) is 78.5 Å². The number of fused-ring (bicyclic) bond motifs is 1. The number of hydrogen-bond donors (Lipinski definition) is 3. The average Bonchev–Trinajstić information content (AvgIpc) is 3.17. The summed E-state index contributed by atoms with van der Waals surface area (Å²) < 4.78 is 15.6. The second kappa shape index (κ2) is 15.5. The van der Waals surface area contributed by atoms with Gasteiger partial charge < -0.3 is 29.6 Å². The van der Waals surface area contributed by atoms with Crippen molar-refractivity contribution in [1.82, 2.24) is 0 Å². The topological polar surface area (TPSA) is 98.9 Å². The van der Waals surface area contributed by atoms with E-state index in [1.54, 1.807) is 38.5 Å². The summed E-state index contributed by atoms with van der Waals surface area (Å²) in [6.45, 7) is 6.17. The molecule has 0 saturated carbocycles. The van der Waals surface area contributed by atoms with Crippen LogP contribution in [-0.4, -0.2) is 51.2 Å². The summed E-state index contributed by atoms with van der Waals surface area (Å²) in [6, 6.07) is 20.9. The number of anilines is 1. The summed E-state index contributed by atoms with van der Waals surface area (Å²) >= 11 is 6.44. The number of likely N-dealkylation sites (N-methyl/N-ethyl adjacent to an activating group) is 1. The Morgan fingerprint density at radius 2 is 1.77 bits per heavy atom. The Kier molecular flexibility index (Phi) is 12.7. The molecule has 0 aliphatic carbocycles. The minimum Gasteiger partial charge on any atom is -0.497 e. The summed E-state index contributed by atoms with van der Waals surface area (Å²) in [6.07, 6.45) is 4.03. The van der Waals surface area contributed by atoms with Crippen LogP contribution in [0.5, 0.6) is 11.5 Å². The predicted molar refractivity (Wildman–Crippen MR) is 159 cm³/mol. The normalized spacial score (nSPS) is 16.3. The van der Waals surface area contributed by atoms with Gasteiger partial charge in [-0.05, 0) is 79.9 Å². The van der Waals surface area contributed by atoms with Crippen LogP contribution in [0, 0.1) is 10.8 Å². The standard InChI is InChI=1S/C21H23ClN2O.C10H13NO3.Co/c1-4-24-19-10-9-16(25-3)13-17(19)21(2,20(24)11-12-23)14-15-7-5-6-8-18(15)22;1-13-5-6-14-9-4-2-3-8(7-9)10(11)12;/h5-13,23H,4,14H2,1-3H3;2-4,7H,5-6H2,1H3,(H2,11,12);/b20-11-,23-12?;;. The van der Waals surface area contributed by atoms with Crippen molar-refractivity contribution in [3.8, 4) is 11.5 Å². The first-order valence-corrected chi connectivity index (χ1v) is 13.1. The van der Waals surface area contributed by atoms with Crippen LogP contribution >= 0.6 is 11.6 Å². The second-order valence-corrected chi connectivity index (χ2v) is 9.57. The van der Waals surface area contributed by atoms with E-state index in [0.29, 0.717) is 24.5 Å². The molecule has 3 aromatic carbocycles. The smallest absolute Gasteiger partial charge is 0.210 e. The van der Waals surface area contributed by atoms with Gasteiger partial charge in [-0.25, -0.2) is 0 Å². The molecule has 7 nitrogen and oxygen atoms in total. The van der Waals surface area contributed by atoms with Crippen molar-refractivity contribution in [3.63, 3.8) is 0 Å². The van der Waals surface area contributed by atoms with Crippen LogP contribution in [0.25, 0.3) is 0 Å². The van der Waals surface area contributed by atoms with Crippen LogP contribution in [0.4, 0.5) is 5.69 Å². The number of ether oxygens (including phenoxy) is 3. The molecule has 3 N–H and O–H groups in total. The summed E-state index contributed by atoms with van der Waals surface area (Å²) in [5.41, 5.74) is 4.78. The molecule has 1 radical (unpaired) electrons. The van der Waals surface area contributed by atoms with Crippen molar-refractivity contribution in [1.29, 1.82) is 10.8 Å². The molecular weight excluding hydrogens is 573 g/mol. The van der Waals surface area contributed by atoms with E-state index in [9.17, 15) is 0 Å². The number of aliphatic hydroxyl groups excluding tert-OH is 1. The molecule has 0 aromatic heterocycles. The summed E-state index contributed by atoms with van der Waals surface area (Å²) in [4.78, 5) is 2.27. The molecule has 3 aromatic rings. The molecule has 1 aliphatic rings. The third-order valence-corrected chi connectivity index (χ3v) is 7.04. The van der Waals surface area contributed by atoms with Crippen LogP contribution in [0.2, 0.25) is 5.02 Å². The first-order valence-electron chi connectivity index (χ1n) is 12.7. The molecule has 0 bridgehead atoms. The minimum atomic E-state index is -0.456. The predicted octanol–water partition coefficient (Wildman–Crippen LogP) is 6.82. The quantitative estimate of drug-likeness (QED) is 0.133. The van der Waals surface area contributed by atoms with Crippen LogP contribution in [0.3, 0.4) is 0 Å². The first-order chi connectivity index (χ1) is 18.8. The van der Waals surface area contributed by atoms with E-state index in [2.05, 4.69) is 36.9 Å². The van der Waals surface area contributed by atoms with Gasteiger partial charge in [-0.2, -0.15) is 0 Å². The van der Waals surface area contributed by atoms with Crippen LogP contribution < -0.4 is 14.4 Å². The third kappa shape index (κ3) is 7.66. The Labute approximate surface area is 251 Å². The van der Waals surface area contributed by atoms with Gasteiger partial charge in [0.05, 0.1) is 13.7 Å². The largest absolute Gasteiger partial charge is 0.497 e. The van der Waals surface area contributed by atoms with Gasteiger partial charge >= 0.3 is 0 Å². The van der Waals surface area contributed by atoms with Gasteiger partial charge in [0.25, 0.3) is 0 Å². The van der Waals surface area contributed by atoms with E-state index in [-0.39, 0.29) is 22.2 Å². The Bertz CT molecular complexity index is 1330. The number of nitrogens with zero attached hydrogens (tertiary/aromatic N) is 1. The zero-order valence-electron chi connectivity index (χ0n) is 23.2. The molecule has 1 heterocycles. The molecule has 1 aliphatic heterocycles. The van der Waals surface area contributed by atoms with Gasteiger partial charge in [0.1, 0.15) is 18.1 Å². The van der Waals surface area contributed by atoms with E-state index in [4.69, 9.17) is 41.7 Å². The molecule has 0 saturated heterocycles. The molecule has 40 heavy (non-hydrogen) atoms. The molecule has 0 spiro atoms. The van der Waals surface area contributed by atoms with Crippen molar-refractivity contribution in [2.24, 2.45) is 0 Å². The van der Waals surface area contributed by atoms with Gasteiger partial charge in [-0.3, -0.25) is 5.41 Å². The molecule has 4 rings (SSSR count). The average molecular weight is 609 g/mol. The molecule has 0 amide bonds. The Balaban J connectivity index is 0.000000320. The molecule has 0 fully saturated rings. The fraction of sp³-hybridized carbons (Fsp3) is 0.290. The number of hydrogen-bond acceptors (Lipinski definition) is 6. The maximum atomic E-state index is 8.92. The van der Waals surface area contributed by atoms with Gasteiger partial charge in [-0.1, -0.05) is 35.9 Å². The van der Waals surface area contributed by atoms with E-state index >= 15 is 0 Å². The molecule has 1 unspecified atom stereocenters. The van der Waals surface area contributed by atoms with Crippen LogP contribution in [0.1, 0.15) is 30.5 Å². The number of rotatable bonds is 10. The maximum absolute atomic E-state index is 8.92. The van der Waals surface area contributed by atoms with Gasteiger partial charge in [0.15, 0.2) is 0 Å². The zero-order valence-corrected chi connectivity index (χ0v) is 25.0. The summed E-state index contributed by atoms with van der Waals surface area (Å²) in [5, 5.41) is 24.4. The number of allylic oxidation sites excluding steroid dienone is 2. The maximum Gasteiger partial charge on any atom is 0.210 e. The van der Waals surface area contributed by atoms with Crippen LogP contribution in [-0.2, 0) is 33.4 Å². The summed E-state index contributed by atoms with van der Waals surface area (Å²) in [5.74, 6) is 1.01. The van der Waals surface area contributed by atoms with E-state index < -0.39 is 5.90 Å². The number of methoxy groups -OCH3 is 2. The number of halogens is 1. The fourth-order valence-electron chi connectivity index (χ4n) is 4.76. The van der Waals surface area contributed by atoms with Crippen molar-refractivity contribution in [2.75, 3.05) is 38.9 Å². The Morgan fingerprint density at radius 3 is 2.40 bits per heavy atom. The van der Waals surface area contributed by atoms with Crippen molar-refractivity contribution < 1.29 is 36.1 Å². The fourth-order valence-corrected chi connectivity index (χ4v) is 4.97. The minimum absolute atomic E-state index is 0. The van der Waals surface area contributed by atoms with E-state index in [0.717, 1.165) is 35.0 Å². The Hall–Kier alpha value is -3.30. The molecule has 1 atom stereocenters. The number of aliphatic hydroxyl groups is 1.